The number of imidazole rings is 1. The van der Waals surface area contributed by atoms with Gasteiger partial charge in [-0.2, -0.15) is 0 Å². The molecule has 0 fully saturated rings. The normalized spacial score (nSPS) is 10.3. The molecule has 2 rings (SSSR count). The second kappa shape index (κ2) is 6.14. The van der Waals surface area contributed by atoms with Gasteiger partial charge in [-0.15, -0.1) is 0 Å². The molecule has 2 aromatic rings. The number of Topliss-reactive ketones (excluding diaryl/α,β-unsaturated/α-hetero) is 1. The first-order valence-corrected chi connectivity index (χ1v) is 6.42. The predicted molar refractivity (Wildman–Crippen MR) is 73.8 cm³/mol. The van der Waals surface area contributed by atoms with Crippen LogP contribution in [0, 0.1) is 6.92 Å². The molecule has 0 aliphatic rings. The van der Waals surface area contributed by atoms with Crippen molar-refractivity contribution in [3.05, 3.63) is 53.1 Å². The minimum absolute atomic E-state index is 0.0465. The molecule has 5 heteroatoms. The zero-order valence-corrected chi connectivity index (χ0v) is 11.5. The molecule has 5 nitrogen and oxygen atoms in total. The van der Waals surface area contributed by atoms with Gasteiger partial charge in [0.25, 0.3) is 0 Å². The minimum Gasteiger partial charge on any atom is -0.461 e. The third-order valence-corrected chi connectivity index (χ3v) is 2.83. The number of ether oxygens (including phenoxy) is 1. The van der Waals surface area contributed by atoms with Crippen LogP contribution in [0.25, 0.3) is 0 Å². The molecular formula is C15H16N2O3. The fourth-order valence-corrected chi connectivity index (χ4v) is 1.88. The first kappa shape index (κ1) is 14.0. The Morgan fingerprint density at radius 2 is 1.95 bits per heavy atom. The predicted octanol–water partition coefficient (Wildman–Crippen LogP) is 2.32. The molecule has 1 aromatic heterocycles. The lowest BCUT2D eigenvalue weighted by atomic mass is 10.1. The van der Waals surface area contributed by atoms with Crippen molar-refractivity contribution >= 4 is 11.8 Å². The van der Waals surface area contributed by atoms with E-state index >= 15 is 0 Å². The van der Waals surface area contributed by atoms with E-state index in [1.165, 1.54) is 0 Å². The Hall–Kier alpha value is -2.43. The summed E-state index contributed by atoms with van der Waals surface area (Å²) >= 11 is 0. The van der Waals surface area contributed by atoms with Crippen LogP contribution in [0.4, 0.5) is 0 Å². The van der Waals surface area contributed by atoms with E-state index in [1.54, 1.807) is 26.0 Å². The number of H-pyrrole nitrogens is 1. The molecule has 0 aliphatic carbocycles. The van der Waals surface area contributed by atoms with Crippen molar-refractivity contribution in [2.45, 2.75) is 20.3 Å². The summed E-state index contributed by atoms with van der Waals surface area (Å²) in [5, 5.41) is 0. The summed E-state index contributed by atoms with van der Waals surface area (Å²) in [6.07, 6.45) is 0.129. The van der Waals surface area contributed by atoms with Gasteiger partial charge in [0.15, 0.2) is 11.5 Å². The highest BCUT2D eigenvalue weighted by Gasteiger charge is 2.17. The Bertz CT molecular complexity index is 617. The number of aromatic amines is 1. The first-order chi connectivity index (χ1) is 9.61. The largest absolute Gasteiger partial charge is 0.461 e. The summed E-state index contributed by atoms with van der Waals surface area (Å²) in [5.74, 6) is -0.0474. The number of aromatic nitrogens is 2. The van der Waals surface area contributed by atoms with E-state index in [1.807, 2.05) is 18.2 Å². The lowest BCUT2D eigenvalue weighted by molar-refractivity contribution is 0.0518. The molecule has 20 heavy (non-hydrogen) atoms. The Morgan fingerprint density at radius 3 is 2.60 bits per heavy atom. The second-order valence-electron chi connectivity index (χ2n) is 4.34. The number of rotatable bonds is 5. The van der Waals surface area contributed by atoms with Gasteiger partial charge < -0.3 is 9.72 Å². The zero-order chi connectivity index (χ0) is 14.5. The van der Waals surface area contributed by atoms with Crippen molar-refractivity contribution in [2.75, 3.05) is 6.61 Å². The Labute approximate surface area is 117 Å². The fraction of sp³-hybridized carbons (Fsp3) is 0.267. The summed E-state index contributed by atoms with van der Waals surface area (Å²) in [6.45, 7) is 3.76. The number of aryl methyl sites for hydroxylation is 1. The number of benzene rings is 1. The van der Waals surface area contributed by atoms with Crippen LogP contribution in [0.15, 0.2) is 30.3 Å². The quantitative estimate of drug-likeness (QED) is 0.669. The van der Waals surface area contributed by atoms with Crippen molar-refractivity contribution in [1.82, 2.24) is 9.97 Å². The number of hydrogen-bond donors (Lipinski definition) is 1. The van der Waals surface area contributed by atoms with Crippen LogP contribution in [0.1, 0.15) is 39.3 Å². The van der Waals surface area contributed by atoms with Gasteiger partial charge in [-0.3, -0.25) is 4.79 Å². The van der Waals surface area contributed by atoms with Crippen molar-refractivity contribution in [2.24, 2.45) is 0 Å². The smallest absolute Gasteiger partial charge is 0.358 e. The monoisotopic (exact) mass is 272 g/mol. The van der Waals surface area contributed by atoms with Gasteiger partial charge in [0.2, 0.25) is 0 Å². The number of carbonyl (C=O) groups excluding carboxylic acids is 2. The average Bonchev–Trinajstić information content (AvgIpc) is 2.81. The molecule has 0 unspecified atom stereocenters. The molecule has 0 aliphatic heterocycles. The minimum atomic E-state index is -0.473. The third kappa shape index (κ3) is 3.12. The fourth-order valence-electron chi connectivity index (χ4n) is 1.88. The SMILES string of the molecule is CCOC(=O)c1nc(CC(=O)c2ccccc2)[nH]c1C. The molecule has 0 saturated carbocycles. The lowest BCUT2D eigenvalue weighted by Gasteiger charge is -1.98. The molecule has 1 N–H and O–H groups in total. The molecule has 0 radical (unpaired) electrons. The highest BCUT2D eigenvalue weighted by atomic mass is 16.5. The zero-order valence-electron chi connectivity index (χ0n) is 11.5. The van der Waals surface area contributed by atoms with Crippen LogP contribution < -0.4 is 0 Å². The van der Waals surface area contributed by atoms with Crippen LogP contribution in [0.3, 0.4) is 0 Å². The van der Waals surface area contributed by atoms with E-state index < -0.39 is 5.97 Å². The summed E-state index contributed by atoms with van der Waals surface area (Å²) in [5.41, 5.74) is 1.47. The Morgan fingerprint density at radius 1 is 1.25 bits per heavy atom. The summed E-state index contributed by atoms with van der Waals surface area (Å²) in [7, 11) is 0. The van der Waals surface area contributed by atoms with Gasteiger partial charge in [-0.05, 0) is 13.8 Å². The molecule has 104 valence electrons. The van der Waals surface area contributed by atoms with E-state index in [4.69, 9.17) is 4.74 Å². The maximum absolute atomic E-state index is 12.1. The van der Waals surface area contributed by atoms with Gasteiger partial charge in [0.05, 0.1) is 13.0 Å². The number of esters is 1. The standard InChI is InChI=1S/C15H16N2O3/c1-3-20-15(19)14-10(2)16-13(17-14)9-12(18)11-7-5-4-6-8-11/h4-8H,3,9H2,1-2H3,(H,16,17). The van der Waals surface area contributed by atoms with Crippen molar-refractivity contribution in [3.8, 4) is 0 Å². The summed E-state index contributed by atoms with van der Waals surface area (Å²) in [6, 6.07) is 8.98. The number of nitrogens with zero attached hydrogens (tertiary/aromatic N) is 1. The van der Waals surface area contributed by atoms with Crippen molar-refractivity contribution < 1.29 is 14.3 Å². The van der Waals surface area contributed by atoms with Gasteiger partial charge in [-0.1, -0.05) is 30.3 Å². The van der Waals surface area contributed by atoms with Gasteiger partial charge in [0.1, 0.15) is 5.82 Å². The Balaban J connectivity index is 2.13. The number of hydrogen-bond acceptors (Lipinski definition) is 4. The molecule has 0 saturated heterocycles. The van der Waals surface area contributed by atoms with Gasteiger partial charge in [-0.25, -0.2) is 9.78 Å². The van der Waals surface area contributed by atoms with E-state index in [-0.39, 0.29) is 17.9 Å². The first-order valence-electron chi connectivity index (χ1n) is 6.42. The van der Waals surface area contributed by atoms with Crippen molar-refractivity contribution in [3.63, 3.8) is 0 Å². The maximum Gasteiger partial charge on any atom is 0.358 e. The highest BCUT2D eigenvalue weighted by molar-refractivity contribution is 5.97. The number of ketones is 1. The van der Waals surface area contributed by atoms with E-state index in [9.17, 15) is 9.59 Å². The molecule has 0 amide bonds. The molecule has 0 spiro atoms. The topological polar surface area (TPSA) is 72.0 Å². The van der Waals surface area contributed by atoms with Gasteiger partial charge >= 0.3 is 5.97 Å². The van der Waals surface area contributed by atoms with E-state index in [0.717, 1.165) is 0 Å². The van der Waals surface area contributed by atoms with Crippen LogP contribution >= 0.6 is 0 Å². The van der Waals surface area contributed by atoms with E-state index in [0.29, 0.717) is 23.7 Å². The molecule has 1 heterocycles. The molecule has 0 bridgehead atoms. The highest BCUT2D eigenvalue weighted by Crippen LogP contribution is 2.10. The molecular weight excluding hydrogens is 256 g/mol. The Kier molecular flexibility index (Phi) is 4.30. The second-order valence-corrected chi connectivity index (χ2v) is 4.34. The molecule has 0 atom stereocenters. The number of carbonyl (C=O) groups is 2. The molecule has 1 aromatic carbocycles. The maximum atomic E-state index is 12.1. The van der Waals surface area contributed by atoms with Crippen LogP contribution in [0.2, 0.25) is 0 Å². The third-order valence-electron chi connectivity index (χ3n) is 2.83. The number of nitrogens with one attached hydrogen (secondary N) is 1. The van der Waals surface area contributed by atoms with Crippen LogP contribution in [0.5, 0.6) is 0 Å². The summed E-state index contributed by atoms with van der Waals surface area (Å²) < 4.78 is 4.91. The van der Waals surface area contributed by atoms with Crippen LogP contribution in [-0.4, -0.2) is 28.3 Å². The van der Waals surface area contributed by atoms with Gasteiger partial charge in [0, 0.05) is 11.3 Å². The lowest BCUT2D eigenvalue weighted by Crippen LogP contribution is -2.07. The van der Waals surface area contributed by atoms with Crippen LogP contribution in [-0.2, 0) is 11.2 Å². The summed E-state index contributed by atoms with van der Waals surface area (Å²) in [4.78, 5) is 30.8. The van der Waals surface area contributed by atoms with Crippen molar-refractivity contribution in [1.29, 1.82) is 0 Å². The average molecular weight is 272 g/mol. The van der Waals surface area contributed by atoms with E-state index in [2.05, 4.69) is 9.97 Å².